The summed E-state index contributed by atoms with van der Waals surface area (Å²) in [5, 5.41) is 5.85. The molecule has 7 heteroatoms. The molecule has 5 aromatic rings. The third kappa shape index (κ3) is 3.85. The summed E-state index contributed by atoms with van der Waals surface area (Å²) in [6.45, 7) is 2.19. The first-order valence-electron chi connectivity index (χ1n) is 11.7. The number of rotatable bonds is 5. The Morgan fingerprint density at radius 1 is 0.971 bits per heavy atom. The van der Waals surface area contributed by atoms with Crippen molar-refractivity contribution < 1.29 is 9.15 Å². The van der Waals surface area contributed by atoms with Gasteiger partial charge >= 0.3 is 0 Å². The lowest BCUT2D eigenvalue weighted by molar-refractivity contribution is 0.419. The van der Waals surface area contributed by atoms with E-state index in [4.69, 9.17) is 14.1 Å². The zero-order valence-corrected chi connectivity index (χ0v) is 19.3. The molecule has 1 aliphatic heterocycles. The molecule has 174 valence electrons. The van der Waals surface area contributed by atoms with Crippen molar-refractivity contribution in [2.24, 2.45) is 5.10 Å². The lowest BCUT2D eigenvalue weighted by atomic mass is 10.2. The van der Waals surface area contributed by atoms with E-state index in [1.807, 2.05) is 54.6 Å². The summed E-state index contributed by atoms with van der Waals surface area (Å²) in [6.07, 6.45) is 4.15. The highest BCUT2D eigenvalue weighted by Crippen LogP contribution is 2.32. The lowest BCUT2D eigenvalue weighted by Gasteiger charge is -2.17. The SMILES string of the molecule is COc1cccc2oc(-c3nc4ccccc4c(=O)n3N=Cc3ccc(N4CCCC4)cc3)cc12. The van der Waals surface area contributed by atoms with Crippen LogP contribution in [0.4, 0.5) is 5.69 Å². The molecule has 0 aliphatic carbocycles. The Balaban J connectivity index is 1.45. The van der Waals surface area contributed by atoms with Crippen LogP contribution in [-0.2, 0) is 0 Å². The van der Waals surface area contributed by atoms with Crippen molar-refractivity contribution in [2.75, 3.05) is 25.1 Å². The molecular weight excluding hydrogens is 440 g/mol. The number of para-hydroxylation sites is 1. The van der Waals surface area contributed by atoms with Gasteiger partial charge in [-0.3, -0.25) is 4.79 Å². The van der Waals surface area contributed by atoms with Gasteiger partial charge in [0.25, 0.3) is 5.56 Å². The number of hydrogen-bond acceptors (Lipinski definition) is 6. The molecule has 0 radical (unpaired) electrons. The van der Waals surface area contributed by atoms with Crippen molar-refractivity contribution in [3.8, 4) is 17.3 Å². The molecule has 1 aliphatic rings. The van der Waals surface area contributed by atoms with Crippen molar-refractivity contribution in [3.63, 3.8) is 0 Å². The Bertz CT molecular complexity index is 1610. The number of hydrogen-bond donors (Lipinski definition) is 0. The van der Waals surface area contributed by atoms with Gasteiger partial charge in [0, 0.05) is 18.8 Å². The average molecular weight is 465 g/mol. The van der Waals surface area contributed by atoms with Crippen LogP contribution in [0.3, 0.4) is 0 Å². The minimum atomic E-state index is -0.261. The normalized spacial score (nSPS) is 13.9. The van der Waals surface area contributed by atoms with E-state index in [-0.39, 0.29) is 5.56 Å². The number of aromatic nitrogens is 2. The number of ether oxygens (including phenoxy) is 1. The first-order valence-corrected chi connectivity index (χ1v) is 11.7. The molecule has 0 saturated carbocycles. The standard InChI is InChI=1S/C28H24N4O3/c1-34-24-9-6-10-25-22(24)17-26(35-25)27-30-23-8-3-2-7-21(23)28(33)32(27)29-18-19-11-13-20(14-12-19)31-15-4-5-16-31/h2-3,6-14,17-18H,4-5,15-16H2,1H3. The average Bonchev–Trinajstić information content (AvgIpc) is 3.59. The van der Waals surface area contributed by atoms with Gasteiger partial charge in [0.1, 0.15) is 11.3 Å². The first kappa shape index (κ1) is 21.2. The van der Waals surface area contributed by atoms with Gasteiger partial charge in [-0.2, -0.15) is 9.78 Å². The van der Waals surface area contributed by atoms with Crippen LogP contribution in [0, 0.1) is 0 Å². The summed E-state index contributed by atoms with van der Waals surface area (Å²) in [5.41, 5.74) is 3.07. The molecule has 0 unspecified atom stereocenters. The van der Waals surface area contributed by atoms with Crippen LogP contribution in [0.5, 0.6) is 5.75 Å². The first-order chi connectivity index (χ1) is 17.2. The van der Waals surface area contributed by atoms with Gasteiger partial charge in [-0.25, -0.2) is 4.98 Å². The van der Waals surface area contributed by atoms with Crippen LogP contribution in [0.15, 0.2) is 87.1 Å². The zero-order chi connectivity index (χ0) is 23.8. The molecule has 1 saturated heterocycles. The topological polar surface area (TPSA) is 72.9 Å². The maximum atomic E-state index is 13.4. The maximum Gasteiger partial charge on any atom is 0.282 e. The second-order valence-corrected chi connectivity index (χ2v) is 8.58. The fourth-order valence-corrected chi connectivity index (χ4v) is 4.58. The minimum absolute atomic E-state index is 0.261. The quantitative estimate of drug-likeness (QED) is 0.330. The predicted octanol–water partition coefficient (Wildman–Crippen LogP) is 5.30. The van der Waals surface area contributed by atoms with Crippen molar-refractivity contribution in [1.82, 2.24) is 9.66 Å². The summed E-state index contributed by atoms with van der Waals surface area (Å²) in [5.74, 6) is 1.46. The van der Waals surface area contributed by atoms with E-state index >= 15 is 0 Å². The number of benzene rings is 3. The monoisotopic (exact) mass is 464 g/mol. The van der Waals surface area contributed by atoms with Crippen LogP contribution in [0.2, 0.25) is 0 Å². The van der Waals surface area contributed by atoms with Gasteiger partial charge in [0.2, 0.25) is 5.82 Å². The third-order valence-corrected chi connectivity index (χ3v) is 6.40. The molecular formula is C28H24N4O3. The lowest BCUT2D eigenvalue weighted by Crippen LogP contribution is -2.20. The van der Waals surface area contributed by atoms with Gasteiger partial charge in [0.05, 0.1) is 29.6 Å². The summed E-state index contributed by atoms with van der Waals surface area (Å²) in [6, 6.07) is 22.9. The number of anilines is 1. The Morgan fingerprint density at radius 3 is 2.57 bits per heavy atom. The summed E-state index contributed by atoms with van der Waals surface area (Å²) >= 11 is 0. The van der Waals surface area contributed by atoms with E-state index in [1.54, 1.807) is 19.4 Å². The number of nitrogens with zero attached hydrogens (tertiary/aromatic N) is 4. The second-order valence-electron chi connectivity index (χ2n) is 8.58. The number of furan rings is 1. The Morgan fingerprint density at radius 2 is 1.77 bits per heavy atom. The second kappa shape index (κ2) is 8.76. The van der Waals surface area contributed by atoms with Crippen molar-refractivity contribution in [2.45, 2.75) is 12.8 Å². The molecule has 3 aromatic carbocycles. The smallest absolute Gasteiger partial charge is 0.282 e. The largest absolute Gasteiger partial charge is 0.496 e. The molecule has 1 fully saturated rings. The number of methoxy groups -OCH3 is 1. The van der Waals surface area contributed by atoms with E-state index in [0.29, 0.717) is 33.8 Å². The minimum Gasteiger partial charge on any atom is -0.496 e. The zero-order valence-electron chi connectivity index (χ0n) is 19.3. The molecule has 0 bridgehead atoms. The van der Waals surface area contributed by atoms with Crippen LogP contribution >= 0.6 is 0 Å². The van der Waals surface area contributed by atoms with Crippen LogP contribution in [0.1, 0.15) is 18.4 Å². The van der Waals surface area contributed by atoms with Gasteiger partial charge in [-0.1, -0.05) is 30.3 Å². The molecule has 7 nitrogen and oxygen atoms in total. The Kier molecular flexibility index (Phi) is 5.29. The summed E-state index contributed by atoms with van der Waals surface area (Å²) in [4.78, 5) is 20.6. The third-order valence-electron chi connectivity index (χ3n) is 6.40. The molecule has 35 heavy (non-hydrogen) atoms. The highest BCUT2D eigenvalue weighted by Gasteiger charge is 2.18. The number of fused-ring (bicyclic) bond motifs is 2. The van der Waals surface area contributed by atoms with Crippen LogP contribution in [-0.4, -0.2) is 36.1 Å². The van der Waals surface area contributed by atoms with Gasteiger partial charge < -0.3 is 14.1 Å². The highest BCUT2D eigenvalue weighted by atomic mass is 16.5. The van der Waals surface area contributed by atoms with Gasteiger partial charge in [0.15, 0.2) is 5.76 Å². The Labute approximate surface area is 201 Å². The van der Waals surface area contributed by atoms with Crippen LogP contribution < -0.4 is 15.2 Å². The maximum absolute atomic E-state index is 13.4. The van der Waals surface area contributed by atoms with Crippen LogP contribution in [0.25, 0.3) is 33.5 Å². The molecule has 0 amide bonds. The van der Waals surface area contributed by atoms with E-state index < -0.39 is 0 Å². The fourth-order valence-electron chi connectivity index (χ4n) is 4.58. The van der Waals surface area contributed by atoms with Crippen molar-refractivity contribution in [3.05, 3.63) is 88.7 Å². The molecule has 0 spiro atoms. The molecule has 0 N–H and O–H groups in total. The van der Waals surface area contributed by atoms with E-state index in [9.17, 15) is 4.79 Å². The van der Waals surface area contributed by atoms with E-state index in [2.05, 4.69) is 22.1 Å². The van der Waals surface area contributed by atoms with Gasteiger partial charge in [-0.05, 0) is 60.9 Å². The fraction of sp³-hybridized carbons (Fsp3) is 0.179. The highest BCUT2D eigenvalue weighted by molar-refractivity contribution is 5.88. The van der Waals surface area contributed by atoms with Crippen molar-refractivity contribution >= 4 is 33.8 Å². The molecule has 2 aromatic heterocycles. The summed E-state index contributed by atoms with van der Waals surface area (Å²) in [7, 11) is 1.62. The van der Waals surface area contributed by atoms with E-state index in [1.165, 1.54) is 23.2 Å². The Hall–Kier alpha value is -4.39. The molecule has 0 atom stereocenters. The summed E-state index contributed by atoms with van der Waals surface area (Å²) < 4.78 is 12.9. The van der Waals surface area contributed by atoms with E-state index in [0.717, 1.165) is 24.0 Å². The van der Waals surface area contributed by atoms with Gasteiger partial charge in [-0.15, -0.1) is 0 Å². The molecule has 6 rings (SSSR count). The van der Waals surface area contributed by atoms with Crippen molar-refractivity contribution in [1.29, 1.82) is 0 Å². The predicted molar refractivity (Wildman–Crippen MR) is 139 cm³/mol. The molecule has 3 heterocycles.